The Balaban J connectivity index is 2.78. The van der Waals surface area contributed by atoms with Crippen LogP contribution >= 0.6 is 0 Å². The van der Waals surface area contributed by atoms with E-state index in [1.54, 1.807) is 0 Å². The van der Waals surface area contributed by atoms with Gasteiger partial charge in [-0.3, -0.25) is 0 Å². The fourth-order valence-electron chi connectivity index (χ4n) is 1.36. The zero-order valence-corrected chi connectivity index (χ0v) is 10.5. The van der Waals surface area contributed by atoms with Gasteiger partial charge >= 0.3 is 5.97 Å². The lowest BCUT2D eigenvalue weighted by Gasteiger charge is -2.15. The zero-order valence-electron chi connectivity index (χ0n) is 10.5. The molecule has 1 aromatic carbocycles. The van der Waals surface area contributed by atoms with E-state index in [0.717, 1.165) is 0 Å². The number of hydrogen-bond acceptors (Lipinski definition) is 5. The molecule has 18 heavy (non-hydrogen) atoms. The van der Waals surface area contributed by atoms with E-state index in [1.165, 1.54) is 39.5 Å². The SMILES string of the molecule is COC(=O)c1ccc(F)c(NCC(OC)OC)c1. The summed E-state index contributed by atoms with van der Waals surface area (Å²) in [4.78, 5) is 11.3. The standard InChI is InChI=1S/C12H16FNO4/c1-16-11(17-2)7-14-10-6-8(12(15)18-3)4-5-9(10)13/h4-6,11,14H,7H2,1-3H3. The highest BCUT2D eigenvalue weighted by molar-refractivity contribution is 5.90. The molecular formula is C12H16FNO4. The Morgan fingerprint density at radius 3 is 2.56 bits per heavy atom. The monoisotopic (exact) mass is 257 g/mol. The van der Waals surface area contributed by atoms with E-state index >= 15 is 0 Å². The van der Waals surface area contributed by atoms with Crippen molar-refractivity contribution in [1.29, 1.82) is 0 Å². The molecule has 0 amide bonds. The van der Waals surface area contributed by atoms with Crippen molar-refractivity contribution >= 4 is 11.7 Å². The molecule has 0 saturated carbocycles. The van der Waals surface area contributed by atoms with Gasteiger partial charge in [0.2, 0.25) is 0 Å². The number of hydrogen-bond donors (Lipinski definition) is 1. The van der Waals surface area contributed by atoms with Crippen molar-refractivity contribution in [3.05, 3.63) is 29.6 Å². The van der Waals surface area contributed by atoms with Crippen LogP contribution in [0.1, 0.15) is 10.4 Å². The summed E-state index contributed by atoms with van der Waals surface area (Å²) >= 11 is 0. The number of rotatable bonds is 6. The topological polar surface area (TPSA) is 56.8 Å². The quantitative estimate of drug-likeness (QED) is 0.620. The highest BCUT2D eigenvalue weighted by Gasteiger charge is 2.11. The van der Waals surface area contributed by atoms with Crippen LogP contribution in [0, 0.1) is 5.82 Å². The second kappa shape index (κ2) is 6.93. The largest absolute Gasteiger partial charge is 0.465 e. The van der Waals surface area contributed by atoms with Crippen LogP contribution in [-0.2, 0) is 14.2 Å². The summed E-state index contributed by atoms with van der Waals surface area (Å²) in [5.74, 6) is -0.985. The minimum absolute atomic E-state index is 0.192. The first-order valence-electron chi connectivity index (χ1n) is 5.29. The van der Waals surface area contributed by atoms with Crippen LogP contribution in [0.3, 0.4) is 0 Å². The molecule has 5 nitrogen and oxygen atoms in total. The van der Waals surface area contributed by atoms with Crippen LogP contribution in [0.25, 0.3) is 0 Å². The molecule has 0 spiro atoms. The van der Waals surface area contributed by atoms with Gasteiger partial charge in [0.05, 0.1) is 24.9 Å². The number of nitrogens with one attached hydrogen (secondary N) is 1. The van der Waals surface area contributed by atoms with Crippen LogP contribution in [0.2, 0.25) is 0 Å². The van der Waals surface area contributed by atoms with Crippen LogP contribution in [-0.4, -0.2) is 40.1 Å². The number of methoxy groups -OCH3 is 3. The van der Waals surface area contributed by atoms with Crippen molar-refractivity contribution in [2.75, 3.05) is 33.2 Å². The average molecular weight is 257 g/mol. The Morgan fingerprint density at radius 1 is 1.33 bits per heavy atom. The second-order valence-corrected chi connectivity index (χ2v) is 3.47. The molecule has 0 aromatic heterocycles. The van der Waals surface area contributed by atoms with Gasteiger partial charge in [0, 0.05) is 14.2 Å². The molecule has 0 atom stereocenters. The molecule has 0 saturated heterocycles. The molecule has 0 radical (unpaired) electrons. The first-order valence-corrected chi connectivity index (χ1v) is 5.29. The molecule has 0 aliphatic heterocycles. The van der Waals surface area contributed by atoms with Crippen LogP contribution in [0.15, 0.2) is 18.2 Å². The van der Waals surface area contributed by atoms with Gasteiger partial charge in [-0.05, 0) is 18.2 Å². The third kappa shape index (κ3) is 3.68. The van der Waals surface area contributed by atoms with Crippen LogP contribution in [0.4, 0.5) is 10.1 Å². The van der Waals surface area contributed by atoms with Gasteiger partial charge in [0.15, 0.2) is 6.29 Å². The summed E-state index contributed by atoms with van der Waals surface area (Å²) in [6.45, 7) is 0.258. The van der Waals surface area contributed by atoms with Crippen molar-refractivity contribution < 1.29 is 23.4 Å². The average Bonchev–Trinajstić information content (AvgIpc) is 2.40. The first-order chi connectivity index (χ1) is 8.62. The fourth-order valence-corrected chi connectivity index (χ4v) is 1.36. The molecule has 1 N–H and O–H groups in total. The second-order valence-electron chi connectivity index (χ2n) is 3.47. The summed E-state index contributed by atoms with van der Waals surface area (Å²) in [5.41, 5.74) is 0.463. The van der Waals surface area contributed by atoms with Gasteiger partial charge in [-0.15, -0.1) is 0 Å². The molecule has 0 aliphatic rings. The highest BCUT2D eigenvalue weighted by atomic mass is 19.1. The Kier molecular flexibility index (Phi) is 5.54. The van der Waals surface area contributed by atoms with E-state index in [0.29, 0.717) is 0 Å². The first kappa shape index (κ1) is 14.4. The number of carbonyl (C=O) groups is 1. The Morgan fingerprint density at radius 2 is 2.00 bits per heavy atom. The Bertz CT molecular complexity index is 407. The number of halogens is 1. The molecule has 100 valence electrons. The summed E-state index contributed by atoms with van der Waals surface area (Å²) in [6.07, 6.45) is -0.494. The summed E-state index contributed by atoms with van der Waals surface area (Å²) in [7, 11) is 4.23. The van der Waals surface area contributed by atoms with Gasteiger partial charge in [-0.1, -0.05) is 0 Å². The predicted octanol–water partition coefficient (Wildman–Crippen LogP) is 1.64. The Labute approximate surface area is 105 Å². The molecule has 1 aromatic rings. The number of ether oxygens (including phenoxy) is 3. The minimum atomic E-state index is -0.520. The third-order valence-electron chi connectivity index (χ3n) is 2.37. The summed E-state index contributed by atoms with van der Waals surface area (Å²) in [6, 6.07) is 3.93. The molecule has 0 bridgehead atoms. The van der Waals surface area contributed by atoms with Crippen molar-refractivity contribution in [3.8, 4) is 0 Å². The third-order valence-corrected chi connectivity index (χ3v) is 2.37. The minimum Gasteiger partial charge on any atom is -0.465 e. The number of anilines is 1. The van der Waals surface area contributed by atoms with E-state index in [4.69, 9.17) is 9.47 Å². The van der Waals surface area contributed by atoms with E-state index in [2.05, 4.69) is 10.1 Å². The summed E-state index contributed by atoms with van der Waals surface area (Å²) < 4.78 is 28.0. The maximum Gasteiger partial charge on any atom is 0.337 e. The van der Waals surface area contributed by atoms with Crippen molar-refractivity contribution in [2.24, 2.45) is 0 Å². The van der Waals surface area contributed by atoms with Crippen molar-refractivity contribution in [2.45, 2.75) is 6.29 Å². The lowest BCUT2D eigenvalue weighted by molar-refractivity contribution is -0.0914. The van der Waals surface area contributed by atoms with E-state index < -0.39 is 18.1 Å². The summed E-state index contributed by atoms with van der Waals surface area (Å²) in [5, 5.41) is 2.80. The molecule has 1 rings (SSSR count). The van der Waals surface area contributed by atoms with Gasteiger partial charge in [-0.2, -0.15) is 0 Å². The normalized spacial score (nSPS) is 10.5. The highest BCUT2D eigenvalue weighted by Crippen LogP contribution is 2.17. The van der Waals surface area contributed by atoms with Crippen LogP contribution in [0.5, 0.6) is 0 Å². The molecular weight excluding hydrogens is 241 g/mol. The number of benzene rings is 1. The number of carbonyl (C=O) groups excluding carboxylic acids is 1. The molecule has 0 unspecified atom stereocenters. The van der Waals surface area contributed by atoms with Crippen molar-refractivity contribution in [1.82, 2.24) is 0 Å². The van der Waals surface area contributed by atoms with E-state index in [9.17, 15) is 9.18 Å². The fraction of sp³-hybridized carbons (Fsp3) is 0.417. The van der Waals surface area contributed by atoms with Gasteiger partial charge in [0.1, 0.15) is 5.82 Å². The lowest BCUT2D eigenvalue weighted by atomic mass is 10.2. The zero-order chi connectivity index (χ0) is 13.5. The van der Waals surface area contributed by atoms with Gasteiger partial charge < -0.3 is 19.5 Å². The molecule has 0 fully saturated rings. The number of esters is 1. The molecule has 6 heteroatoms. The molecule has 0 aliphatic carbocycles. The predicted molar refractivity (Wildman–Crippen MR) is 64.0 cm³/mol. The Hall–Kier alpha value is -1.66. The van der Waals surface area contributed by atoms with E-state index in [-0.39, 0.29) is 17.8 Å². The van der Waals surface area contributed by atoms with Gasteiger partial charge in [0.25, 0.3) is 0 Å². The van der Waals surface area contributed by atoms with Gasteiger partial charge in [-0.25, -0.2) is 9.18 Å². The maximum atomic E-state index is 13.5. The maximum absolute atomic E-state index is 13.5. The van der Waals surface area contributed by atoms with E-state index in [1.807, 2.05) is 0 Å². The lowest BCUT2D eigenvalue weighted by Crippen LogP contribution is -2.24. The van der Waals surface area contributed by atoms with Crippen LogP contribution < -0.4 is 5.32 Å². The molecule has 0 heterocycles. The van der Waals surface area contributed by atoms with Crippen molar-refractivity contribution in [3.63, 3.8) is 0 Å². The smallest absolute Gasteiger partial charge is 0.337 e.